The fraction of sp³-hybridized carbons (Fsp3) is 0.750. The van der Waals surface area contributed by atoms with E-state index >= 15 is 0 Å². The van der Waals surface area contributed by atoms with Crippen molar-refractivity contribution < 1.29 is 8.42 Å². The summed E-state index contributed by atoms with van der Waals surface area (Å²) in [6, 6.07) is 0.0928. The molecule has 4 nitrogen and oxygen atoms in total. The smallest absolute Gasteiger partial charge is 0.214 e. The van der Waals surface area contributed by atoms with E-state index in [9.17, 15) is 8.42 Å². The molecule has 0 aromatic carbocycles. The van der Waals surface area contributed by atoms with Crippen LogP contribution < -0.4 is 10.0 Å². The minimum atomic E-state index is -3.18. The molecule has 0 amide bonds. The van der Waals surface area contributed by atoms with Crippen molar-refractivity contribution in [1.82, 2.24) is 10.0 Å². The molecule has 0 bridgehead atoms. The summed E-state index contributed by atoms with van der Waals surface area (Å²) in [7, 11) is -3.18. The van der Waals surface area contributed by atoms with Crippen LogP contribution in [0.3, 0.4) is 0 Å². The van der Waals surface area contributed by atoms with Crippen LogP contribution in [-0.2, 0) is 10.0 Å². The van der Waals surface area contributed by atoms with Crippen molar-refractivity contribution in [3.8, 4) is 12.3 Å². The highest BCUT2D eigenvalue weighted by Crippen LogP contribution is 2.06. The molecule has 0 aliphatic carbocycles. The van der Waals surface area contributed by atoms with Gasteiger partial charge in [0.05, 0.1) is 12.3 Å². The first-order valence-electron chi connectivity index (χ1n) is 4.28. The molecule has 0 aromatic rings. The summed E-state index contributed by atoms with van der Waals surface area (Å²) < 4.78 is 24.9. The topological polar surface area (TPSA) is 58.2 Å². The molecule has 0 radical (unpaired) electrons. The summed E-state index contributed by atoms with van der Waals surface area (Å²) in [6.07, 6.45) is 6.93. The number of nitrogens with one attached hydrogen (secondary N) is 2. The highest BCUT2D eigenvalue weighted by atomic mass is 32.2. The average molecular weight is 202 g/mol. The van der Waals surface area contributed by atoms with Crippen molar-refractivity contribution in [2.45, 2.75) is 18.9 Å². The monoisotopic (exact) mass is 202 g/mol. The zero-order chi connectivity index (χ0) is 9.73. The van der Waals surface area contributed by atoms with Crippen LogP contribution in [0.5, 0.6) is 0 Å². The van der Waals surface area contributed by atoms with E-state index in [1.807, 2.05) is 0 Å². The van der Waals surface area contributed by atoms with Gasteiger partial charge in [0.1, 0.15) is 0 Å². The van der Waals surface area contributed by atoms with Gasteiger partial charge < -0.3 is 5.32 Å². The van der Waals surface area contributed by atoms with Crippen LogP contribution in [0, 0.1) is 12.3 Å². The van der Waals surface area contributed by atoms with Crippen LogP contribution in [0.1, 0.15) is 12.8 Å². The van der Waals surface area contributed by atoms with Crippen molar-refractivity contribution in [3.63, 3.8) is 0 Å². The van der Waals surface area contributed by atoms with Gasteiger partial charge in [0.2, 0.25) is 10.0 Å². The summed E-state index contributed by atoms with van der Waals surface area (Å²) in [4.78, 5) is 0. The summed E-state index contributed by atoms with van der Waals surface area (Å²) in [5.74, 6) is 2.37. The number of terminal acetylenes is 1. The van der Waals surface area contributed by atoms with Crippen LogP contribution in [-0.4, -0.2) is 33.3 Å². The Morgan fingerprint density at radius 2 is 2.38 bits per heavy atom. The predicted octanol–water partition coefficient (Wildman–Crippen LogP) is -0.709. The third-order valence-corrected chi connectivity index (χ3v) is 3.40. The first kappa shape index (κ1) is 10.5. The lowest BCUT2D eigenvalue weighted by atomic mass is 10.3. The van der Waals surface area contributed by atoms with Crippen molar-refractivity contribution in [1.29, 1.82) is 0 Å². The molecule has 1 saturated heterocycles. The molecule has 74 valence electrons. The number of sulfonamides is 1. The Bertz CT molecular complexity index is 286. The Kier molecular flexibility index (Phi) is 3.72. The molecule has 1 rings (SSSR count). The standard InChI is InChI=1S/C8H14N2O2S/c1-2-5-10-13(11,12)7-8-4-3-6-9-8/h1,8-10H,3-7H2. The van der Waals surface area contributed by atoms with Crippen LogP contribution in [0.25, 0.3) is 0 Å². The normalized spacial score (nSPS) is 22.8. The third kappa shape index (κ3) is 3.77. The number of hydrogen-bond acceptors (Lipinski definition) is 3. The second kappa shape index (κ2) is 4.61. The molecule has 1 atom stereocenters. The lowest BCUT2D eigenvalue weighted by molar-refractivity contribution is 0.567. The van der Waals surface area contributed by atoms with Crippen LogP contribution >= 0.6 is 0 Å². The highest BCUT2D eigenvalue weighted by molar-refractivity contribution is 7.89. The van der Waals surface area contributed by atoms with Gasteiger partial charge in [-0.2, -0.15) is 0 Å². The maximum absolute atomic E-state index is 11.3. The highest BCUT2D eigenvalue weighted by Gasteiger charge is 2.21. The molecule has 0 saturated carbocycles. The molecular formula is C8H14N2O2S. The second-order valence-electron chi connectivity index (χ2n) is 3.10. The van der Waals surface area contributed by atoms with E-state index in [2.05, 4.69) is 16.0 Å². The molecule has 5 heteroatoms. The molecule has 2 N–H and O–H groups in total. The van der Waals surface area contributed by atoms with E-state index in [1.165, 1.54) is 0 Å². The van der Waals surface area contributed by atoms with Crippen LogP contribution in [0.15, 0.2) is 0 Å². The maximum atomic E-state index is 11.3. The summed E-state index contributed by atoms with van der Waals surface area (Å²) in [6.45, 7) is 0.990. The van der Waals surface area contributed by atoms with Gasteiger partial charge in [-0.25, -0.2) is 13.1 Å². The molecule has 0 spiro atoms. The number of hydrogen-bond donors (Lipinski definition) is 2. The average Bonchev–Trinajstić information content (AvgIpc) is 2.52. The van der Waals surface area contributed by atoms with Gasteiger partial charge in [0, 0.05) is 6.04 Å². The van der Waals surface area contributed by atoms with E-state index in [4.69, 9.17) is 6.42 Å². The zero-order valence-corrected chi connectivity index (χ0v) is 8.23. The Labute approximate surface area is 79.1 Å². The predicted molar refractivity (Wildman–Crippen MR) is 51.6 cm³/mol. The molecule has 0 aromatic heterocycles. The van der Waals surface area contributed by atoms with E-state index in [0.717, 1.165) is 19.4 Å². The summed E-state index contributed by atoms with van der Waals surface area (Å²) in [5.41, 5.74) is 0. The minimum absolute atomic E-state index is 0.0784. The van der Waals surface area contributed by atoms with Gasteiger partial charge >= 0.3 is 0 Å². The summed E-state index contributed by atoms with van der Waals surface area (Å²) in [5, 5.41) is 3.12. The lowest BCUT2D eigenvalue weighted by Crippen LogP contribution is -2.36. The fourth-order valence-electron chi connectivity index (χ4n) is 1.37. The quantitative estimate of drug-likeness (QED) is 0.592. The SMILES string of the molecule is C#CCNS(=O)(=O)CC1CCCN1. The van der Waals surface area contributed by atoms with E-state index in [1.54, 1.807) is 0 Å². The van der Waals surface area contributed by atoms with Crippen LogP contribution in [0.4, 0.5) is 0 Å². The van der Waals surface area contributed by atoms with Gasteiger partial charge in [-0.1, -0.05) is 5.92 Å². The van der Waals surface area contributed by atoms with E-state index in [0.29, 0.717) is 0 Å². The molecule has 1 aliphatic heterocycles. The first-order chi connectivity index (χ1) is 6.14. The van der Waals surface area contributed by atoms with E-state index in [-0.39, 0.29) is 18.3 Å². The van der Waals surface area contributed by atoms with Gasteiger partial charge in [-0.3, -0.25) is 0 Å². The van der Waals surface area contributed by atoms with Crippen LogP contribution in [0.2, 0.25) is 0 Å². The Hall–Kier alpha value is -0.570. The van der Waals surface area contributed by atoms with Crippen molar-refractivity contribution in [3.05, 3.63) is 0 Å². The zero-order valence-electron chi connectivity index (χ0n) is 7.41. The Balaban J connectivity index is 2.37. The lowest BCUT2D eigenvalue weighted by Gasteiger charge is -2.10. The first-order valence-corrected chi connectivity index (χ1v) is 5.93. The third-order valence-electron chi connectivity index (χ3n) is 1.98. The minimum Gasteiger partial charge on any atom is -0.313 e. The van der Waals surface area contributed by atoms with Gasteiger partial charge in [0.15, 0.2) is 0 Å². The van der Waals surface area contributed by atoms with Gasteiger partial charge in [-0.15, -0.1) is 6.42 Å². The molecule has 1 aliphatic rings. The summed E-state index contributed by atoms with van der Waals surface area (Å²) >= 11 is 0. The molecule has 1 heterocycles. The Morgan fingerprint density at radius 1 is 1.62 bits per heavy atom. The maximum Gasteiger partial charge on any atom is 0.214 e. The molecule has 1 unspecified atom stereocenters. The van der Waals surface area contributed by atoms with Crippen molar-refractivity contribution in [2.75, 3.05) is 18.8 Å². The molecular weight excluding hydrogens is 188 g/mol. The van der Waals surface area contributed by atoms with Gasteiger partial charge in [-0.05, 0) is 19.4 Å². The fourth-order valence-corrected chi connectivity index (χ4v) is 2.61. The number of rotatable bonds is 4. The van der Waals surface area contributed by atoms with E-state index < -0.39 is 10.0 Å². The van der Waals surface area contributed by atoms with Crippen molar-refractivity contribution in [2.24, 2.45) is 0 Å². The van der Waals surface area contributed by atoms with Crippen molar-refractivity contribution >= 4 is 10.0 Å². The largest absolute Gasteiger partial charge is 0.313 e. The van der Waals surface area contributed by atoms with Gasteiger partial charge in [0.25, 0.3) is 0 Å². The molecule has 1 fully saturated rings. The Morgan fingerprint density at radius 3 is 2.92 bits per heavy atom. The second-order valence-corrected chi connectivity index (χ2v) is 4.95. The molecule has 13 heavy (non-hydrogen) atoms.